The van der Waals surface area contributed by atoms with Crippen LogP contribution in [0.25, 0.3) is 0 Å². The van der Waals surface area contributed by atoms with Crippen LogP contribution in [-0.4, -0.2) is 11.2 Å². The third-order valence-electron chi connectivity index (χ3n) is 3.08. The lowest BCUT2D eigenvalue weighted by atomic mass is 9.97. The second kappa shape index (κ2) is 8.23. The second-order valence-corrected chi connectivity index (χ2v) is 5.80. The van der Waals surface area contributed by atoms with Gasteiger partial charge in [0.1, 0.15) is 0 Å². The molecule has 0 aromatic heterocycles. The molecule has 0 amide bonds. The average molecular weight is 367 g/mol. The van der Waals surface area contributed by atoms with Crippen molar-refractivity contribution in [1.29, 1.82) is 0 Å². The van der Waals surface area contributed by atoms with Gasteiger partial charge in [0.2, 0.25) is 0 Å². The lowest BCUT2D eigenvalue weighted by Gasteiger charge is -2.21. The first-order chi connectivity index (χ1) is 9.49. The van der Waals surface area contributed by atoms with Crippen LogP contribution in [0, 0.1) is 0 Å². The summed E-state index contributed by atoms with van der Waals surface area (Å²) in [5, 5.41) is 11.4. The van der Waals surface area contributed by atoms with Crippen molar-refractivity contribution in [3.63, 3.8) is 0 Å². The van der Waals surface area contributed by atoms with E-state index in [-0.39, 0.29) is 12.4 Å². The first kappa shape index (κ1) is 18.6. The van der Waals surface area contributed by atoms with Crippen LogP contribution in [-0.2, 0) is 6.42 Å². The van der Waals surface area contributed by atoms with E-state index in [0.717, 1.165) is 5.56 Å². The van der Waals surface area contributed by atoms with E-state index in [4.69, 9.17) is 40.5 Å². The molecule has 0 heterocycles. The lowest BCUT2D eigenvalue weighted by Crippen LogP contribution is -2.28. The lowest BCUT2D eigenvalue weighted by molar-refractivity contribution is 0.145. The second-order valence-electron chi connectivity index (χ2n) is 4.57. The molecule has 0 unspecified atom stereocenters. The van der Waals surface area contributed by atoms with Gasteiger partial charge >= 0.3 is 0 Å². The SMILES string of the molecule is Cl.N[C@@H](c1cc(Cl)cc(Cl)c1Cl)[C@H](O)Cc1ccccc1. The Bertz CT molecular complexity index is 592. The number of hydrogen-bond donors (Lipinski definition) is 2. The first-order valence-corrected chi connectivity index (χ1v) is 7.24. The van der Waals surface area contributed by atoms with Crippen molar-refractivity contribution in [2.24, 2.45) is 5.73 Å². The Labute approximate surface area is 145 Å². The summed E-state index contributed by atoms with van der Waals surface area (Å²) in [6, 6.07) is 12.1. The minimum absolute atomic E-state index is 0. The van der Waals surface area contributed by atoms with Crippen LogP contribution in [0.2, 0.25) is 15.1 Å². The molecule has 0 saturated carbocycles. The van der Waals surface area contributed by atoms with E-state index in [1.165, 1.54) is 0 Å². The Morgan fingerprint density at radius 2 is 1.67 bits per heavy atom. The number of aliphatic hydroxyl groups is 1. The molecule has 0 radical (unpaired) electrons. The predicted octanol–water partition coefficient (Wildman–Crippen LogP) is 4.67. The molecule has 6 heteroatoms. The number of halogens is 4. The van der Waals surface area contributed by atoms with E-state index in [1.54, 1.807) is 12.1 Å². The van der Waals surface area contributed by atoms with Crippen LogP contribution in [0.5, 0.6) is 0 Å². The van der Waals surface area contributed by atoms with Gasteiger partial charge in [0, 0.05) is 11.4 Å². The molecule has 21 heavy (non-hydrogen) atoms. The monoisotopic (exact) mass is 365 g/mol. The van der Waals surface area contributed by atoms with E-state index in [9.17, 15) is 5.11 Å². The summed E-state index contributed by atoms with van der Waals surface area (Å²) >= 11 is 18.1. The van der Waals surface area contributed by atoms with E-state index >= 15 is 0 Å². The van der Waals surface area contributed by atoms with E-state index in [0.29, 0.717) is 27.1 Å². The molecule has 0 saturated heterocycles. The molecule has 114 valence electrons. The third-order valence-corrected chi connectivity index (χ3v) is 4.12. The van der Waals surface area contributed by atoms with E-state index < -0.39 is 12.1 Å². The minimum atomic E-state index is -0.774. The zero-order valence-corrected chi connectivity index (χ0v) is 14.1. The zero-order chi connectivity index (χ0) is 14.7. The standard InChI is InChI=1S/C15H14Cl3NO.ClH/c16-10-7-11(14(18)12(17)8-10)15(19)13(20)6-9-4-2-1-3-5-9;/h1-5,7-8,13,15,20H,6,19H2;1H/t13-,15+;/m1./s1. The van der Waals surface area contributed by atoms with Gasteiger partial charge in [-0.05, 0) is 23.3 Å². The molecule has 0 aliphatic heterocycles. The Hall–Kier alpha value is -0.480. The molecule has 0 fully saturated rings. The summed E-state index contributed by atoms with van der Waals surface area (Å²) in [7, 11) is 0. The van der Waals surface area contributed by atoms with Crippen LogP contribution < -0.4 is 5.73 Å². The van der Waals surface area contributed by atoms with Gasteiger partial charge in [-0.25, -0.2) is 0 Å². The van der Waals surface area contributed by atoms with E-state index in [2.05, 4.69) is 0 Å². The number of rotatable bonds is 4. The molecular formula is C15H15Cl4NO. The van der Waals surface area contributed by atoms with Gasteiger partial charge in [0.15, 0.2) is 0 Å². The normalized spacial score (nSPS) is 13.4. The fourth-order valence-electron chi connectivity index (χ4n) is 2.01. The van der Waals surface area contributed by atoms with Gasteiger partial charge in [-0.2, -0.15) is 0 Å². The first-order valence-electron chi connectivity index (χ1n) is 6.11. The van der Waals surface area contributed by atoms with Gasteiger partial charge in [0.25, 0.3) is 0 Å². The summed E-state index contributed by atoms with van der Waals surface area (Å²) in [4.78, 5) is 0. The molecule has 3 N–H and O–H groups in total. The third kappa shape index (κ3) is 4.75. The topological polar surface area (TPSA) is 46.2 Å². The van der Waals surface area contributed by atoms with Crippen molar-refractivity contribution in [3.8, 4) is 0 Å². The molecule has 0 aliphatic carbocycles. The molecule has 2 nitrogen and oxygen atoms in total. The predicted molar refractivity (Wildman–Crippen MR) is 91.8 cm³/mol. The maximum absolute atomic E-state index is 10.3. The minimum Gasteiger partial charge on any atom is -0.391 e. The fourth-order valence-corrected chi connectivity index (χ4v) is 2.75. The summed E-state index contributed by atoms with van der Waals surface area (Å²) < 4.78 is 0. The zero-order valence-electron chi connectivity index (χ0n) is 11.0. The van der Waals surface area contributed by atoms with E-state index in [1.807, 2.05) is 30.3 Å². The highest BCUT2D eigenvalue weighted by molar-refractivity contribution is 6.43. The summed E-state index contributed by atoms with van der Waals surface area (Å²) in [5.74, 6) is 0. The van der Waals surface area contributed by atoms with Crippen molar-refractivity contribution >= 4 is 47.2 Å². The maximum atomic E-state index is 10.3. The largest absolute Gasteiger partial charge is 0.391 e. The van der Waals surface area contributed by atoms with Gasteiger partial charge in [-0.3, -0.25) is 0 Å². The molecular weight excluding hydrogens is 352 g/mol. The van der Waals surface area contributed by atoms with Crippen LogP contribution in [0.4, 0.5) is 0 Å². The van der Waals surface area contributed by atoms with Crippen molar-refractivity contribution < 1.29 is 5.11 Å². The Kier molecular flexibility index (Phi) is 7.28. The summed E-state index contributed by atoms with van der Waals surface area (Å²) in [6.07, 6.45) is -0.341. The number of aliphatic hydroxyl groups excluding tert-OH is 1. The quantitative estimate of drug-likeness (QED) is 0.772. The summed E-state index contributed by atoms with van der Waals surface area (Å²) in [6.45, 7) is 0. The van der Waals surface area contributed by atoms with Gasteiger partial charge in [0.05, 0.1) is 22.2 Å². The van der Waals surface area contributed by atoms with Crippen molar-refractivity contribution in [1.82, 2.24) is 0 Å². The highest BCUT2D eigenvalue weighted by atomic mass is 35.5. The average Bonchev–Trinajstić information content (AvgIpc) is 2.43. The van der Waals surface area contributed by atoms with Crippen LogP contribution in [0.3, 0.4) is 0 Å². The van der Waals surface area contributed by atoms with Crippen LogP contribution >= 0.6 is 47.2 Å². The molecule has 0 bridgehead atoms. The van der Waals surface area contributed by atoms with Crippen molar-refractivity contribution in [2.45, 2.75) is 18.6 Å². The number of benzene rings is 2. The van der Waals surface area contributed by atoms with Crippen molar-refractivity contribution in [2.75, 3.05) is 0 Å². The van der Waals surface area contributed by atoms with Gasteiger partial charge in [-0.15, -0.1) is 12.4 Å². The summed E-state index contributed by atoms with van der Waals surface area (Å²) in [5.41, 5.74) is 7.62. The van der Waals surface area contributed by atoms with Crippen molar-refractivity contribution in [3.05, 3.63) is 68.7 Å². The number of nitrogens with two attached hydrogens (primary N) is 1. The van der Waals surface area contributed by atoms with Crippen LogP contribution in [0.1, 0.15) is 17.2 Å². The fraction of sp³-hybridized carbons (Fsp3) is 0.200. The maximum Gasteiger partial charge on any atom is 0.0773 e. The molecule has 0 aliphatic rings. The van der Waals surface area contributed by atoms with Gasteiger partial charge < -0.3 is 10.8 Å². The smallest absolute Gasteiger partial charge is 0.0773 e. The van der Waals surface area contributed by atoms with Gasteiger partial charge in [-0.1, -0.05) is 65.1 Å². The molecule has 2 atom stereocenters. The Morgan fingerprint density at radius 3 is 2.29 bits per heavy atom. The molecule has 2 aromatic carbocycles. The van der Waals surface area contributed by atoms with Crippen LogP contribution in [0.15, 0.2) is 42.5 Å². The Balaban J connectivity index is 0.00000220. The highest BCUT2D eigenvalue weighted by Crippen LogP contribution is 2.34. The molecule has 2 aromatic rings. The Morgan fingerprint density at radius 1 is 1.05 bits per heavy atom. The molecule has 2 rings (SSSR count). The highest BCUT2D eigenvalue weighted by Gasteiger charge is 2.21. The number of hydrogen-bond acceptors (Lipinski definition) is 2. The molecule has 0 spiro atoms.